The highest BCUT2D eigenvalue weighted by atomic mass is 32.2. The summed E-state index contributed by atoms with van der Waals surface area (Å²) in [7, 11) is 0. The Morgan fingerprint density at radius 2 is 2.00 bits per heavy atom. The second-order valence-corrected chi connectivity index (χ2v) is 6.80. The Morgan fingerprint density at radius 1 is 1.41 bits per heavy atom. The highest BCUT2D eigenvalue weighted by molar-refractivity contribution is 8.02. The number of nitrogens with zero attached hydrogens (tertiary/aromatic N) is 1. The fourth-order valence-corrected chi connectivity index (χ4v) is 3.64. The second kappa shape index (κ2) is 6.85. The molecular formula is C11H20N2OS3. The van der Waals surface area contributed by atoms with Crippen LogP contribution in [0.3, 0.4) is 0 Å². The fourth-order valence-electron chi connectivity index (χ4n) is 2.02. The number of likely N-dealkylation sites (tertiary alicyclic amines) is 1. The van der Waals surface area contributed by atoms with Gasteiger partial charge in [0.25, 0.3) is 0 Å². The molecule has 1 aliphatic heterocycles. The normalized spacial score (nSPS) is 19.1. The summed E-state index contributed by atoms with van der Waals surface area (Å²) in [5, 5.41) is 0. The van der Waals surface area contributed by atoms with Gasteiger partial charge in [0.05, 0.1) is 9.74 Å². The number of hydrogen-bond acceptors (Lipinski definition) is 4. The van der Waals surface area contributed by atoms with E-state index in [0.717, 1.165) is 31.7 Å². The maximum absolute atomic E-state index is 11.9. The van der Waals surface area contributed by atoms with Crippen LogP contribution in [0.25, 0.3) is 0 Å². The first-order valence-corrected chi connectivity index (χ1v) is 8.70. The molecule has 0 aromatic carbocycles. The predicted octanol–water partition coefficient (Wildman–Crippen LogP) is 1.75. The van der Waals surface area contributed by atoms with E-state index in [4.69, 9.17) is 18.0 Å². The SMILES string of the molecule is CSCCC(=O)N1CCC(SC)(C(N)=S)CC1. The first-order valence-electron chi connectivity index (χ1n) is 5.67. The summed E-state index contributed by atoms with van der Waals surface area (Å²) in [6.45, 7) is 1.57. The van der Waals surface area contributed by atoms with E-state index in [1.54, 1.807) is 23.5 Å². The van der Waals surface area contributed by atoms with Crippen molar-refractivity contribution in [1.82, 2.24) is 4.90 Å². The quantitative estimate of drug-likeness (QED) is 0.782. The molecule has 0 spiro atoms. The Labute approximate surface area is 117 Å². The number of amides is 1. The third kappa shape index (κ3) is 3.76. The van der Waals surface area contributed by atoms with Gasteiger partial charge in [0.15, 0.2) is 0 Å². The van der Waals surface area contributed by atoms with Gasteiger partial charge < -0.3 is 10.6 Å². The van der Waals surface area contributed by atoms with E-state index in [2.05, 4.69) is 0 Å². The van der Waals surface area contributed by atoms with Crippen LogP contribution >= 0.6 is 35.7 Å². The molecule has 1 aliphatic rings. The maximum atomic E-state index is 11.9. The van der Waals surface area contributed by atoms with E-state index in [9.17, 15) is 4.79 Å². The monoisotopic (exact) mass is 292 g/mol. The van der Waals surface area contributed by atoms with Gasteiger partial charge in [0, 0.05) is 25.3 Å². The van der Waals surface area contributed by atoms with Crippen molar-refractivity contribution >= 4 is 46.6 Å². The molecule has 1 saturated heterocycles. The molecule has 0 aromatic heterocycles. The van der Waals surface area contributed by atoms with Crippen molar-refractivity contribution in [2.75, 3.05) is 31.4 Å². The zero-order valence-electron chi connectivity index (χ0n) is 10.4. The third-order valence-corrected chi connectivity index (χ3v) is 5.83. The Bertz CT molecular complexity index is 288. The molecule has 98 valence electrons. The van der Waals surface area contributed by atoms with E-state index in [1.807, 2.05) is 17.4 Å². The predicted molar refractivity (Wildman–Crippen MR) is 81.8 cm³/mol. The number of nitrogens with two attached hydrogens (primary N) is 1. The van der Waals surface area contributed by atoms with E-state index in [1.165, 1.54) is 0 Å². The van der Waals surface area contributed by atoms with Crippen molar-refractivity contribution in [2.24, 2.45) is 5.73 Å². The molecule has 0 saturated carbocycles. The lowest BCUT2D eigenvalue weighted by Crippen LogP contribution is -2.50. The van der Waals surface area contributed by atoms with Crippen LogP contribution in [0.1, 0.15) is 19.3 Å². The molecule has 0 radical (unpaired) electrons. The summed E-state index contributed by atoms with van der Waals surface area (Å²) in [4.78, 5) is 14.4. The van der Waals surface area contributed by atoms with Crippen LogP contribution < -0.4 is 5.73 Å². The second-order valence-electron chi connectivity index (χ2n) is 4.19. The van der Waals surface area contributed by atoms with Gasteiger partial charge in [-0.3, -0.25) is 4.79 Å². The summed E-state index contributed by atoms with van der Waals surface area (Å²) >= 11 is 8.59. The minimum atomic E-state index is -0.0916. The lowest BCUT2D eigenvalue weighted by atomic mass is 9.95. The number of rotatable bonds is 5. The molecular weight excluding hydrogens is 272 g/mol. The molecule has 0 bridgehead atoms. The lowest BCUT2D eigenvalue weighted by Gasteiger charge is -2.40. The van der Waals surface area contributed by atoms with Crippen LogP contribution in [-0.4, -0.2) is 51.9 Å². The van der Waals surface area contributed by atoms with Crippen molar-refractivity contribution in [1.29, 1.82) is 0 Å². The first-order chi connectivity index (χ1) is 8.05. The van der Waals surface area contributed by atoms with Crippen LogP contribution in [0.15, 0.2) is 0 Å². The molecule has 2 N–H and O–H groups in total. The van der Waals surface area contributed by atoms with Gasteiger partial charge in [-0.15, -0.1) is 0 Å². The van der Waals surface area contributed by atoms with Gasteiger partial charge in [-0.2, -0.15) is 23.5 Å². The molecule has 0 aliphatic carbocycles. The van der Waals surface area contributed by atoms with E-state index in [-0.39, 0.29) is 10.7 Å². The minimum absolute atomic E-state index is 0.0916. The van der Waals surface area contributed by atoms with Gasteiger partial charge in [0.2, 0.25) is 5.91 Å². The zero-order valence-corrected chi connectivity index (χ0v) is 12.8. The maximum Gasteiger partial charge on any atom is 0.223 e. The Hall–Kier alpha value is 0.0600. The standard InChI is InChI=1S/C11H20N2OS3/c1-16-8-3-9(14)13-6-4-11(17-2,5-7-13)10(12)15/h3-8H2,1-2H3,(H2,12,15). The smallest absolute Gasteiger partial charge is 0.223 e. The highest BCUT2D eigenvalue weighted by Crippen LogP contribution is 2.35. The van der Waals surface area contributed by atoms with Crippen molar-refractivity contribution in [3.63, 3.8) is 0 Å². The molecule has 1 heterocycles. The van der Waals surface area contributed by atoms with Gasteiger partial charge >= 0.3 is 0 Å². The van der Waals surface area contributed by atoms with Crippen molar-refractivity contribution in [3.05, 3.63) is 0 Å². The molecule has 0 atom stereocenters. The molecule has 6 heteroatoms. The average molecular weight is 292 g/mol. The van der Waals surface area contributed by atoms with Gasteiger partial charge in [0.1, 0.15) is 0 Å². The number of thioether (sulfide) groups is 2. The van der Waals surface area contributed by atoms with Gasteiger partial charge in [-0.1, -0.05) is 12.2 Å². The number of carbonyl (C=O) groups excluding carboxylic acids is 1. The fraction of sp³-hybridized carbons (Fsp3) is 0.818. The molecule has 17 heavy (non-hydrogen) atoms. The summed E-state index contributed by atoms with van der Waals surface area (Å²) in [6.07, 6.45) is 6.48. The van der Waals surface area contributed by atoms with Crippen molar-refractivity contribution < 1.29 is 4.79 Å². The van der Waals surface area contributed by atoms with Gasteiger partial charge in [-0.05, 0) is 25.4 Å². The topological polar surface area (TPSA) is 46.3 Å². The summed E-state index contributed by atoms with van der Waals surface area (Å²) in [5.74, 6) is 1.16. The van der Waals surface area contributed by atoms with Crippen LogP contribution in [0.5, 0.6) is 0 Å². The number of carbonyl (C=O) groups is 1. The van der Waals surface area contributed by atoms with Crippen LogP contribution in [0.4, 0.5) is 0 Å². The van der Waals surface area contributed by atoms with Crippen LogP contribution in [-0.2, 0) is 4.79 Å². The third-order valence-electron chi connectivity index (χ3n) is 3.28. The zero-order chi connectivity index (χ0) is 12.9. The molecule has 1 amide bonds. The minimum Gasteiger partial charge on any atom is -0.392 e. The number of piperidine rings is 1. The Kier molecular flexibility index (Phi) is 6.09. The largest absolute Gasteiger partial charge is 0.392 e. The van der Waals surface area contributed by atoms with Crippen molar-refractivity contribution in [2.45, 2.75) is 24.0 Å². The van der Waals surface area contributed by atoms with E-state index in [0.29, 0.717) is 11.4 Å². The molecule has 1 rings (SSSR count). The lowest BCUT2D eigenvalue weighted by molar-refractivity contribution is -0.131. The van der Waals surface area contributed by atoms with Crippen LogP contribution in [0, 0.1) is 0 Å². The molecule has 0 unspecified atom stereocenters. The van der Waals surface area contributed by atoms with Crippen LogP contribution in [0.2, 0.25) is 0 Å². The average Bonchev–Trinajstić information content (AvgIpc) is 2.35. The summed E-state index contributed by atoms with van der Waals surface area (Å²) in [6, 6.07) is 0. The summed E-state index contributed by atoms with van der Waals surface area (Å²) in [5.41, 5.74) is 5.82. The van der Waals surface area contributed by atoms with Crippen molar-refractivity contribution in [3.8, 4) is 0 Å². The molecule has 3 nitrogen and oxygen atoms in total. The summed E-state index contributed by atoms with van der Waals surface area (Å²) < 4.78 is -0.0916. The first kappa shape index (κ1) is 15.1. The number of hydrogen-bond donors (Lipinski definition) is 1. The van der Waals surface area contributed by atoms with E-state index >= 15 is 0 Å². The van der Waals surface area contributed by atoms with Gasteiger partial charge in [-0.25, -0.2) is 0 Å². The van der Waals surface area contributed by atoms with E-state index < -0.39 is 0 Å². The highest BCUT2D eigenvalue weighted by Gasteiger charge is 2.37. The number of thiocarbonyl (C=S) groups is 1. The Balaban J connectivity index is 2.49. The molecule has 1 fully saturated rings. The molecule has 0 aromatic rings. The Morgan fingerprint density at radius 3 is 2.41 bits per heavy atom.